The molecule has 1 aromatic heterocycles. The summed E-state index contributed by atoms with van der Waals surface area (Å²) in [5, 5.41) is 14.4. The van der Waals surface area contributed by atoms with Crippen LogP contribution in [0.2, 0.25) is 0 Å². The van der Waals surface area contributed by atoms with E-state index in [2.05, 4.69) is 27.8 Å². The number of rotatable bonds is 7. The lowest BCUT2D eigenvalue weighted by atomic mass is 10.2. The van der Waals surface area contributed by atoms with Crippen LogP contribution in [-0.2, 0) is 11.3 Å². The Bertz CT molecular complexity index is 579. The summed E-state index contributed by atoms with van der Waals surface area (Å²) in [6.45, 7) is 2.36. The largest absolute Gasteiger partial charge is 0.497 e. The number of carbonyl (C=O) groups is 1. The Kier molecular flexibility index (Phi) is 5.25. The monoisotopic (exact) mass is 289 g/mol. The van der Waals surface area contributed by atoms with E-state index in [0.717, 1.165) is 24.3 Å². The number of nitrogens with zero attached hydrogens (tertiary/aromatic N) is 4. The molecule has 2 rings (SSSR count). The Labute approximate surface area is 123 Å². The molecule has 0 bridgehead atoms. The molecule has 1 heterocycles. The van der Waals surface area contributed by atoms with Gasteiger partial charge in [0.1, 0.15) is 5.75 Å². The standard InChI is InChI=1S/C14H19N5O2/c1-3-4-5-14(20)15-10-13-16-17-18-19(13)11-6-8-12(21-2)9-7-11/h6-9H,3-5,10H2,1-2H3,(H,15,20). The van der Waals surface area contributed by atoms with Gasteiger partial charge in [-0.3, -0.25) is 4.79 Å². The molecule has 7 heteroatoms. The Morgan fingerprint density at radius 2 is 2.10 bits per heavy atom. The number of benzene rings is 1. The van der Waals surface area contributed by atoms with E-state index in [4.69, 9.17) is 4.74 Å². The molecule has 0 spiro atoms. The van der Waals surface area contributed by atoms with Gasteiger partial charge in [-0.2, -0.15) is 4.68 Å². The number of methoxy groups -OCH3 is 1. The SMILES string of the molecule is CCCCC(=O)NCc1nnnn1-c1ccc(OC)cc1. The average Bonchev–Trinajstić information content (AvgIpc) is 2.99. The Morgan fingerprint density at radius 3 is 2.76 bits per heavy atom. The molecule has 0 aliphatic carbocycles. The van der Waals surface area contributed by atoms with Crippen LogP contribution in [0.5, 0.6) is 5.75 Å². The number of unbranched alkanes of at least 4 members (excludes halogenated alkanes) is 1. The van der Waals surface area contributed by atoms with Gasteiger partial charge < -0.3 is 10.1 Å². The van der Waals surface area contributed by atoms with Crippen molar-refractivity contribution in [1.82, 2.24) is 25.5 Å². The molecular formula is C14H19N5O2. The molecule has 0 fully saturated rings. The molecule has 1 amide bonds. The van der Waals surface area contributed by atoms with Gasteiger partial charge in [0.2, 0.25) is 5.91 Å². The van der Waals surface area contributed by atoms with E-state index in [1.165, 1.54) is 0 Å². The Morgan fingerprint density at radius 1 is 1.33 bits per heavy atom. The second kappa shape index (κ2) is 7.37. The second-order valence-corrected chi connectivity index (χ2v) is 4.59. The minimum atomic E-state index is 0.0149. The summed E-state index contributed by atoms with van der Waals surface area (Å²) in [6.07, 6.45) is 2.41. The quantitative estimate of drug-likeness (QED) is 0.835. The molecule has 0 saturated carbocycles. The van der Waals surface area contributed by atoms with Crippen molar-refractivity contribution in [1.29, 1.82) is 0 Å². The predicted molar refractivity (Wildman–Crippen MR) is 77.1 cm³/mol. The molecule has 21 heavy (non-hydrogen) atoms. The molecule has 0 aliphatic rings. The van der Waals surface area contributed by atoms with Gasteiger partial charge in [0.05, 0.1) is 19.3 Å². The van der Waals surface area contributed by atoms with Crippen LogP contribution in [-0.4, -0.2) is 33.2 Å². The number of tetrazole rings is 1. The molecule has 0 saturated heterocycles. The molecule has 1 N–H and O–H groups in total. The van der Waals surface area contributed by atoms with E-state index >= 15 is 0 Å². The van der Waals surface area contributed by atoms with Crippen LogP contribution in [0.15, 0.2) is 24.3 Å². The minimum absolute atomic E-state index is 0.0149. The smallest absolute Gasteiger partial charge is 0.220 e. The molecule has 7 nitrogen and oxygen atoms in total. The maximum Gasteiger partial charge on any atom is 0.220 e. The van der Waals surface area contributed by atoms with Gasteiger partial charge in [0.15, 0.2) is 5.82 Å². The summed E-state index contributed by atoms with van der Waals surface area (Å²) < 4.78 is 6.71. The van der Waals surface area contributed by atoms with Gasteiger partial charge in [-0.05, 0) is 41.1 Å². The van der Waals surface area contributed by atoms with E-state index in [9.17, 15) is 4.79 Å². The molecule has 112 valence electrons. The zero-order chi connectivity index (χ0) is 15.1. The van der Waals surface area contributed by atoms with Crippen LogP contribution in [0.4, 0.5) is 0 Å². The Balaban J connectivity index is 2.02. The third kappa shape index (κ3) is 4.01. The summed E-state index contributed by atoms with van der Waals surface area (Å²) in [5.74, 6) is 1.37. The average molecular weight is 289 g/mol. The Hall–Kier alpha value is -2.44. The van der Waals surface area contributed by atoms with Crippen molar-refractivity contribution < 1.29 is 9.53 Å². The highest BCUT2D eigenvalue weighted by molar-refractivity contribution is 5.75. The lowest BCUT2D eigenvalue weighted by Gasteiger charge is -2.07. The molecule has 2 aromatic rings. The fourth-order valence-corrected chi connectivity index (χ4v) is 1.84. The van der Waals surface area contributed by atoms with Crippen molar-refractivity contribution in [3.63, 3.8) is 0 Å². The van der Waals surface area contributed by atoms with Crippen LogP contribution in [0.3, 0.4) is 0 Å². The molecule has 0 aliphatic heterocycles. The summed E-state index contributed by atoms with van der Waals surface area (Å²) >= 11 is 0. The van der Waals surface area contributed by atoms with Crippen molar-refractivity contribution in [3.8, 4) is 11.4 Å². The van der Waals surface area contributed by atoms with Crippen LogP contribution < -0.4 is 10.1 Å². The second-order valence-electron chi connectivity index (χ2n) is 4.59. The number of aromatic nitrogens is 4. The highest BCUT2D eigenvalue weighted by atomic mass is 16.5. The summed E-state index contributed by atoms with van der Waals surface area (Å²) in [6, 6.07) is 7.39. The highest BCUT2D eigenvalue weighted by Crippen LogP contribution is 2.14. The molecule has 0 atom stereocenters. The summed E-state index contributed by atoms with van der Waals surface area (Å²) in [7, 11) is 1.61. The van der Waals surface area contributed by atoms with E-state index in [1.54, 1.807) is 11.8 Å². The van der Waals surface area contributed by atoms with Crippen LogP contribution in [0.25, 0.3) is 5.69 Å². The first kappa shape index (κ1) is 15.0. The summed E-state index contributed by atoms with van der Waals surface area (Å²) in [4.78, 5) is 11.6. The zero-order valence-electron chi connectivity index (χ0n) is 12.2. The van der Waals surface area contributed by atoms with Gasteiger partial charge in [0, 0.05) is 6.42 Å². The maximum atomic E-state index is 11.6. The number of ether oxygens (including phenoxy) is 1. The lowest BCUT2D eigenvalue weighted by Crippen LogP contribution is -2.24. The maximum absolute atomic E-state index is 11.6. The fraction of sp³-hybridized carbons (Fsp3) is 0.429. The van der Waals surface area contributed by atoms with Gasteiger partial charge in [-0.25, -0.2) is 0 Å². The van der Waals surface area contributed by atoms with E-state index in [1.807, 2.05) is 24.3 Å². The third-order valence-electron chi connectivity index (χ3n) is 3.05. The van der Waals surface area contributed by atoms with Gasteiger partial charge in [-0.15, -0.1) is 5.10 Å². The van der Waals surface area contributed by atoms with Crippen LogP contribution in [0, 0.1) is 0 Å². The van der Waals surface area contributed by atoms with Crippen molar-refractivity contribution in [2.45, 2.75) is 32.7 Å². The topological polar surface area (TPSA) is 81.9 Å². The number of amides is 1. The fourth-order valence-electron chi connectivity index (χ4n) is 1.84. The first-order chi connectivity index (χ1) is 10.2. The minimum Gasteiger partial charge on any atom is -0.497 e. The molecule has 0 unspecified atom stereocenters. The summed E-state index contributed by atoms with van der Waals surface area (Å²) in [5.41, 5.74) is 0.818. The molecule has 1 aromatic carbocycles. The number of hydrogen-bond donors (Lipinski definition) is 1. The number of carbonyl (C=O) groups excluding carboxylic acids is 1. The highest BCUT2D eigenvalue weighted by Gasteiger charge is 2.09. The first-order valence-electron chi connectivity index (χ1n) is 6.93. The number of nitrogens with one attached hydrogen (secondary N) is 1. The predicted octanol–water partition coefficient (Wildman–Crippen LogP) is 1.48. The number of hydrogen-bond acceptors (Lipinski definition) is 5. The molecule has 0 radical (unpaired) electrons. The molecular weight excluding hydrogens is 270 g/mol. The van der Waals surface area contributed by atoms with Gasteiger partial charge >= 0.3 is 0 Å². The van der Waals surface area contributed by atoms with Gasteiger partial charge in [-0.1, -0.05) is 13.3 Å². The van der Waals surface area contributed by atoms with Crippen LogP contribution in [0.1, 0.15) is 32.0 Å². The van der Waals surface area contributed by atoms with Crippen molar-refractivity contribution in [2.75, 3.05) is 7.11 Å². The van der Waals surface area contributed by atoms with Crippen molar-refractivity contribution in [3.05, 3.63) is 30.1 Å². The van der Waals surface area contributed by atoms with Gasteiger partial charge in [0.25, 0.3) is 0 Å². The van der Waals surface area contributed by atoms with Crippen LogP contribution >= 0.6 is 0 Å². The lowest BCUT2D eigenvalue weighted by molar-refractivity contribution is -0.121. The first-order valence-corrected chi connectivity index (χ1v) is 6.93. The normalized spacial score (nSPS) is 10.4. The van der Waals surface area contributed by atoms with E-state index < -0.39 is 0 Å². The zero-order valence-corrected chi connectivity index (χ0v) is 12.2. The third-order valence-corrected chi connectivity index (χ3v) is 3.05. The van der Waals surface area contributed by atoms with E-state index in [0.29, 0.717) is 18.8 Å². The van der Waals surface area contributed by atoms with Crippen molar-refractivity contribution in [2.24, 2.45) is 0 Å². The van der Waals surface area contributed by atoms with Crippen molar-refractivity contribution >= 4 is 5.91 Å². The van der Waals surface area contributed by atoms with E-state index in [-0.39, 0.29) is 5.91 Å².